The summed E-state index contributed by atoms with van der Waals surface area (Å²) in [5.41, 5.74) is 5.63. The smallest absolute Gasteiger partial charge is 0.0589 e. The minimum absolute atomic E-state index is 0.621. The fraction of sp³-hybridized carbons (Fsp3) is 1.00. The third-order valence-electron chi connectivity index (χ3n) is 3.05. The highest BCUT2D eigenvalue weighted by molar-refractivity contribution is 4.73. The van der Waals surface area contributed by atoms with E-state index in [0.29, 0.717) is 5.92 Å². The van der Waals surface area contributed by atoms with Crippen molar-refractivity contribution < 1.29 is 4.74 Å². The normalized spacial score (nSPS) is 21.8. The van der Waals surface area contributed by atoms with Crippen LogP contribution in [0.2, 0.25) is 0 Å². The van der Waals surface area contributed by atoms with Gasteiger partial charge in [0, 0.05) is 46.4 Å². The molecule has 0 aliphatic carbocycles. The van der Waals surface area contributed by atoms with Gasteiger partial charge in [0.25, 0.3) is 0 Å². The molecule has 1 aliphatic rings. The fourth-order valence-electron chi connectivity index (χ4n) is 1.93. The van der Waals surface area contributed by atoms with Crippen molar-refractivity contribution in [1.29, 1.82) is 0 Å². The van der Waals surface area contributed by atoms with E-state index in [4.69, 9.17) is 10.5 Å². The predicted octanol–water partition coefficient (Wildman–Crippen LogP) is -0.155. The van der Waals surface area contributed by atoms with E-state index in [9.17, 15) is 0 Å². The highest BCUT2D eigenvalue weighted by Crippen LogP contribution is 2.04. The largest absolute Gasteiger partial charge is 0.383 e. The molecule has 0 radical (unpaired) electrons. The zero-order valence-electron chi connectivity index (χ0n) is 10.1. The second-order valence-corrected chi connectivity index (χ2v) is 4.48. The Kier molecular flexibility index (Phi) is 6.17. The Balaban J connectivity index is 2.12. The standard InChI is InChI=1S/C11H25N3O/c1-11(9-12)10-14-5-3-13(4-6-14)7-8-15-2/h11H,3-10,12H2,1-2H3. The number of piperazine rings is 1. The summed E-state index contributed by atoms with van der Waals surface area (Å²) < 4.78 is 5.08. The molecule has 4 nitrogen and oxygen atoms in total. The first kappa shape index (κ1) is 12.9. The second kappa shape index (κ2) is 7.17. The lowest BCUT2D eigenvalue weighted by molar-refractivity contribution is 0.0909. The van der Waals surface area contributed by atoms with Crippen LogP contribution in [0.25, 0.3) is 0 Å². The predicted molar refractivity (Wildman–Crippen MR) is 63.0 cm³/mol. The minimum atomic E-state index is 0.621. The average Bonchev–Trinajstić information content (AvgIpc) is 2.28. The summed E-state index contributed by atoms with van der Waals surface area (Å²) in [5.74, 6) is 0.621. The Bertz CT molecular complexity index is 158. The molecule has 0 amide bonds. The Morgan fingerprint density at radius 3 is 2.33 bits per heavy atom. The van der Waals surface area contributed by atoms with Gasteiger partial charge in [0.05, 0.1) is 6.61 Å². The molecule has 0 aromatic heterocycles. The van der Waals surface area contributed by atoms with Crippen LogP contribution in [0.1, 0.15) is 6.92 Å². The van der Waals surface area contributed by atoms with Crippen LogP contribution in [-0.2, 0) is 4.74 Å². The Hall–Kier alpha value is -0.160. The molecule has 0 spiro atoms. The molecule has 0 aromatic rings. The van der Waals surface area contributed by atoms with Gasteiger partial charge in [0.15, 0.2) is 0 Å². The molecule has 90 valence electrons. The van der Waals surface area contributed by atoms with E-state index in [0.717, 1.165) is 26.2 Å². The van der Waals surface area contributed by atoms with E-state index < -0.39 is 0 Å². The van der Waals surface area contributed by atoms with E-state index in [1.54, 1.807) is 7.11 Å². The third-order valence-corrected chi connectivity index (χ3v) is 3.05. The van der Waals surface area contributed by atoms with Crippen LogP contribution in [0.3, 0.4) is 0 Å². The summed E-state index contributed by atoms with van der Waals surface area (Å²) in [6.45, 7) is 10.8. The maximum absolute atomic E-state index is 5.63. The molecule has 1 atom stereocenters. The van der Waals surface area contributed by atoms with E-state index in [2.05, 4.69) is 16.7 Å². The molecule has 1 unspecified atom stereocenters. The first-order valence-electron chi connectivity index (χ1n) is 5.90. The van der Waals surface area contributed by atoms with Crippen molar-refractivity contribution in [3.05, 3.63) is 0 Å². The quantitative estimate of drug-likeness (QED) is 0.669. The summed E-state index contributed by atoms with van der Waals surface area (Å²) in [5, 5.41) is 0. The number of rotatable bonds is 6. The number of nitrogens with two attached hydrogens (primary N) is 1. The van der Waals surface area contributed by atoms with Crippen LogP contribution in [0.5, 0.6) is 0 Å². The maximum atomic E-state index is 5.63. The summed E-state index contributed by atoms with van der Waals surface area (Å²) >= 11 is 0. The molecule has 0 bridgehead atoms. The summed E-state index contributed by atoms with van der Waals surface area (Å²) in [6, 6.07) is 0. The molecule has 4 heteroatoms. The van der Waals surface area contributed by atoms with Crippen LogP contribution < -0.4 is 5.73 Å². The van der Waals surface area contributed by atoms with Crippen LogP contribution in [0.15, 0.2) is 0 Å². The van der Waals surface area contributed by atoms with Crippen molar-refractivity contribution in [3.8, 4) is 0 Å². The Morgan fingerprint density at radius 1 is 1.20 bits per heavy atom. The molecule has 1 fully saturated rings. The number of nitrogens with zero attached hydrogens (tertiary/aromatic N) is 2. The van der Waals surface area contributed by atoms with Crippen molar-refractivity contribution in [2.24, 2.45) is 11.7 Å². The molecular weight excluding hydrogens is 190 g/mol. The van der Waals surface area contributed by atoms with E-state index in [1.807, 2.05) is 0 Å². The van der Waals surface area contributed by atoms with Crippen molar-refractivity contribution >= 4 is 0 Å². The third kappa shape index (κ3) is 4.93. The van der Waals surface area contributed by atoms with Gasteiger partial charge < -0.3 is 15.4 Å². The molecule has 1 heterocycles. The SMILES string of the molecule is COCCN1CCN(CC(C)CN)CC1. The molecule has 2 N–H and O–H groups in total. The van der Waals surface area contributed by atoms with Gasteiger partial charge in [-0.05, 0) is 12.5 Å². The summed E-state index contributed by atoms with van der Waals surface area (Å²) in [4.78, 5) is 4.98. The number of ether oxygens (including phenoxy) is 1. The van der Waals surface area contributed by atoms with E-state index in [-0.39, 0.29) is 0 Å². The van der Waals surface area contributed by atoms with Crippen LogP contribution >= 0.6 is 0 Å². The zero-order chi connectivity index (χ0) is 11.1. The summed E-state index contributed by atoms with van der Waals surface area (Å²) in [6.07, 6.45) is 0. The van der Waals surface area contributed by atoms with Crippen LogP contribution in [0.4, 0.5) is 0 Å². The Morgan fingerprint density at radius 2 is 1.80 bits per heavy atom. The lowest BCUT2D eigenvalue weighted by Crippen LogP contribution is -2.48. The van der Waals surface area contributed by atoms with E-state index in [1.165, 1.54) is 26.2 Å². The van der Waals surface area contributed by atoms with Gasteiger partial charge in [-0.15, -0.1) is 0 Å². The van der Waals surface area contributed by atoms with Crippen molar-refractivity contribution in [2.45, 2.75) is 6.92 Å². The molecule has 0 saturated carbocycles. The highest BCUT2D eigenvalue weighted by atomic mass is 16.5. The second-order valence-electron chi connectivity index (χ2n) is 4.48. The van der Waals surface area contributed by atoms with Gasteiger partial charge >= 0.3 is 0 Å². The molecule has 0 aromatic carbocycles. The lowest BCUT2D eigenvalue weighted by Gasteiger charge is -2.35. The summed E-state index contributed by atoms with van der Waals surface area (Å²) in [7, 11) is 1.76. The number of hydrogen-bond acceptors (Lipinski definition) is 4. The number of hydrogen-bond donors (Lipinski definition) is 1. The van der Waals surface area contributed by atoms with Crippen molar-refractivity contribution in [2.75, 3.05) is 59.5 Å². The highest BCUT2D eigenvalue weighted by Gasteiger charge is 2.17. The Labute approximate surface area is 93.4 Å². The average molecular weight is 215 g/mol. The molecule has 1 rings (SSSR count). The molecule has 1 saturated heterocycles. The van der Waals surface area contributed by atoms with Gasteiger partial charge in [0.2, 0.25) is 0 Å². The van der Waals surface area contributed by atoms with Gasteiger partial charge in [-0.1, -0.05) is 6.92 Å². The van der Waals surface area contributed by atoms with Crippen molar-refractivity contribution in [3.63, 3.8) is 0 Å². The molecular formula is C11H25N3O. The number of methoxy groups -OCH3 is 1. The first-order valence-corrected chi connectivity index (χ1v) is 5.90. The van der Waals surface area contributed by atoms with Crippen molar-refractivity contribution in [1.82, 2.24) is 9.80 Å². The van der Waals surface area contributed by atoms with Crippen LogP contribution in [0, 0.1) is 5.92 Å². The zero-order valence-corrected chi connectivity index (χ0v) is 10.1. The molecule has 1 aliphatic heterocycles. The first-order chi connectivity index (χ1) is 7.26. The van der Waals surface area contributed by atoms with Gasteiger partial charge in [0.1, 0.15) is 0 Å². The van der Waals surface area contributed by atoms with Gasteiger partial charge in [-0.3, -0.25) is 4.90 Å². The van der Waals surface area contributed by atoms with Crippen LogP contribution in [-0.4, -0.2) is 69.3 Å². The monoisotopic (exact) mass is 215 g/mol. The molecule has 15 heavy (non-hydrogen) atoms. The van der Waals surface area contributed by atoms with E-state index >= 15 is 0 Å². The fourth-order valence-corrected chi connectivity index (χ4v) is 1.93. The topological polar surface area (TPSA) is 41.7 Å². The lowest BCUT2D eigenvalue weighted by atomic mass is 10.1. The van der Waals surface area contributed by atoms with Gasteiger partial charge in [-0.25, -0.2) is 0 Å². The van der Waals surface area contributed by atoms with Gasteiger partial charge in [-0.2, -0.15) is 0 Å². The maximum Gasteiger partial charge on any atom is 0.0589 e. The minimum Gasteiger partial charge on any atom is -0.383 e.